The zero-order valence-corrected chi connectivity index (χ0v) is 14.5. The molecule has 0 saturated carbocycles. The largest absolute Gasteiger partial charge is 0.367 e. The van der Waals surface area contributed by atoms with E-state index in [0.717, 1.165) is 26.2 Å². The van der Waals surface area contributed by atoms with Crippen LogP contribution in [0.2, 0.25) is 0 Å². The maximum absolute atomic E-state index is 6.24. The summed E-state index contributed by atoms with van der Waals surface area (Å²) in [4.78, 5) is 4.52. The van der Waals surface area contributed by atoms with E-state index in [9.17, 15) is 0 Å². The Bertz CT molecular complexity index is 503. The number of hydrogen-bond acceptors (Lipinski definition) is 3. The van der Waals surface area contributed by atoms with Gasteiger partial charge in [0, 0.05) is 19.6 Å². The third-order valence-electron chi connectivity index (χ3n) is 3.89. The average molecular weight is 312 g/mol. The monoisotopic (exact) mass is 312 g/mol. The predicted octanol–water partition coefficient (Wildman–Crippen LogP) is 3.29. The molecule has 0 saturated heterocycles. The van der Waals surface area contributed by atoms with Gasteiger partial charge in [0.05, 0.1) is 6.61 Å². The Kier molecular flexibility index (Phi) is 7.27. The van der Waals surface area contributed by atoms with E-state index in [2.05, 4.69) is 79.5 Å². The van der Waals surface area contributed by atoms with Crippen LogP contribution in [0.4, 0.5) is 0 Å². The average Bonchev–Trinajstić information content (AvgIpc) is 2.58. The van der Waals surface area contributed by atoms with E-state index in [-0.39, 0.29) is 6.10 Å². The molecular formula is C20H28N2O. The molecule has 0 heterocycles. The summed E-state index contributed by atoms with van der Waals surface area (Å²) in [5, 5.41) is 0. The number of rotatable bonds is 9. The molecule has 0 aliphatic carbocycles. The fraction of sp³-hybridized carbons (Fsp3) is 0.400. The Hall–Kier alpha value is -1.68. The maximum atomic E-state index is 6.24. The van der Waals surface area contributed by atoms with Crippen LogP contribution in [0.1, 0.15) is 17.2 Å². The molecule has 0 unspecified atom stereocenters. The smallest absolute Gasteiger partial charge is 0.108 e. The first-order chi connectivity index (χ1) is 11.2. The van der Waals surface area contributed by atoms with Crippen molar-refractivity contribution in [2.75, 3.05) is 47.4 Å². The van der Waals surface area contributed by atoms with Gasteiger partial charge in [-0.2, -0.15) is 0 Å². The molecule has 23 heavy (non-hydrogen) atoms. The standard InChI is InChI=1S/C20H28N2O/c1-21(2)14-15-22(3)16-17-23-20(18-10-6-4-7-11-18)19-12-8-5-9-13-19/h4-13,20H,14-17H2,1-3H3. The molecule has 2 aromatic carbocycles. The van der Waals surface area contributed by atoms with Gasteiger partial charge in [-0.25, -0.2) is 0 Å². The third kappa shape index (κ3) is 6.14. The van der Waals surface area contributed by atoms with E-state index in [0.29, 0.717) is 0 Å². The lowest BCUT2D eigenvalue weighted by Crippen LogP contribution is -2.31. The van der Waals surface area contributed by atoms with Gasteiger partial charge in [-0.1, -0.05) is 60.7 Å². The Morgan fingerprint density at radius 2 is 1.26 bits per heavy atom. The van der Waals surface area contributed by atoms with Crippen molar-refractivity contribution in [2.45, 2.75) is 6.10 Å². The fourth-order valence-corrected chi connectivity index (χ4v) is 2.45. The lowest BCUT2D eigenvalue weighted by molar-refractivity contribution is 0.0637. The van der Waals surface area contributed by atoms with E-state index < -0.39 is 0 Å². The lowest BCUT2D eigenvalue weighted by Gasteiger charge is -2.22. The van der Waals surface area contributed by atoms with Gasteiger partial charge in [0.1, 0.15) is 6.10 Å². The minimum atomic E-state index is -0.000325. The highest BCUT2D eigenvalue weighted by atomic mass is 16.5. The Balaban J connectivity index is 1.94. The van der Waals surface area contributed by atoms with Crippen LogP contribution in [0.5, 0.6) is 0 Å². The SMILES string of the molecule is CN(C)CCN(C)CCOC(c1ccccc1)c1ccccc1. The van der Waals surface area contributed by atoms with Gasteiger partial charge in [-0.15, -0.1) is 0 Å². The zero-order valence-electron chi connectivity index (χ0n) is 14.5. The van der Waals surface area contributed by atoms with Crippen molar-refractivity contribution in [1.82, 2.24) is 9.80 Å². The van der Waals surface area contributed by atoms with Crippen LogP contribution in [0, 0.1) is 0 Å². The number of hydrogen-bond donors (Lipinski definition) is 0. The number of ether oxygens (including phenoxy) is 1. The van der Waals surface area contributed by atoms with Gasteiger partial charge < -0.3 is 14.5 Å². The van der Waals surface area contributed by atoms with Crippen molar-refractivity contribution in [2.24, 2.45) is 0 Å². The van der Waals surface area contributed by atoms with Gasteiger partial charge in [-0.05, 0) is 32.3 Å². The predicted molar refractivity (Wildman–Crippen MR) is 96.7 cm³/mol. The van der Waals surface area contributed by atoms with E-state index >= 15 is 0 Å². The van der Waals surface area contributed by atoms with Crippen molar-refractivity contribution in [3.05, 3.63) is 71.8 Å². The molecule has 0 atom stereocenters. The van der Waals surface area contributed by atoms with Crippen molar-refractivity contribution in [1.29, 1.82) is 0 Å². The lowest BCUT2D eigenvalue weighted by atomic mass is 10.0. The number of likely N-dealkylation sites (N-methyl/N-ethyl adjacent to an activating group) is 2. The van der Waals surface area contributed by atoms with Crippen LogP contribution in [0.15, 0.2) is 60.7 Å². The first kappa shape index (κ1) is 17.7. The summed E-state index contributed by atoms with van der Waals surface area (Å²) in [5.74, 6) is 0. The molecule has 0 fully saturated rings. The third-order valence-corrected chi connectivity index (χ3v) is 3.89. The normalized spacial score (nSPS) is 11.6. The molecule has 2 aromatic rings. The molecule has 0 spiro atoms. The Labute approximate surface area is 140 Å². The molecule has 0 aromatic heterocycles. The van der Waals surface area contributed by atoms with Crippen LogP contribution < -0.4 is 0 Å². The van der Waals surface area contributed by atoms with Gasteiger partial charge in [0.2, 0.25) is 0 Å². The molecule has 124 valence electrons. The van der Waals surface area contributed by atoms with Crippen LogP contribution in [0.25, 0.3) is 0 Å². The van der Waals surface area contributed by atoms with Gasteiger partial charge in [0.15, 0.2) is 0 Å². The van der Waals surface area contributed by atoms with Gasteiger partial charge in [0.25, 0.3) is 0 Å². The first-order valence-corrected chi connectivity index (χ1v) is 8.21. The second-order valence-corrected chi connectivity index (χ2v) is 6.18. The maximum Gasteiger partial charge on any atom is 0.108 e. The Morgan fingerprint density at radius 1 is 0.739 bits per heavy atom. The van der Waals surface area contributed by atoms with Gasteiger partial charge >= 0.3 is 0 Å². The highest BCUT2D eigenvalue weighted by molar-refractivity contribution is 5.29. The molecule has 0 N–H and O–H groups in total. The van der Waals surface area contributed by atoms with Crippen LogP contribution in [0.3, 0.4) is 0 Å². The van der Waals surface area contributed by atoms with E-state index in [4.69, 9.17) is 4.74 Å². The van der Waals surface area contributed by atoms with Crippen molar-refractivity contribution < 1.29 is 4.74 Å². The van der Waals surface area contributed by atoms with Crippen molar-refractivity contribution >= 4 is 0 Å². The minimum absolute atomic E-state index is 0.000325. The van der Waals surface area contributed by atoms with E-state index in [1.165, 1.54) is 11.1 Å². The molecule has 3 heteroatoms. The van der Waals surface area contributed by atoms with E-state index in [1.807, 2.05) is 12.1 Å². The molecule has 0 aliphatic heterocycles. The van der Waals surface area contributed by atoms with Crippen molar-refractivity contribution in [3.63, 3.8) is 0 Å². The molecule has 0 aliphatic rings. The molecular weight excluding hydrogens is 284 g/mol. The van der Waals surface area contributed by atoms with Crippen LogP contribution in [-0.2, 0) is 4.74 Å². The number of nitrogens with zero attached hydrogens (tertiary/aromatic N) is 2. The highest BCUT2D eigenvalue weighted by Crippen LogP contribution is 2.25. The van der Waals surface area contributed by atoms with Crippen LogP contribution >= 0.6 is 0 Å². The number of benzene rings is 2. The summed E-state index contributed by atoms with van der Waals surface area (Å²) in [5.41, 5.74) is 2.41. The summed E-state index contributed by atoms with van der Waals surface area (Å²) in [6.07, 6.45) is -0.000325. The molecule has 3 nitrogen and oxygen atoms in total. The molecule has 0 radical (unpaired) electrons. The summed E-state index contributed by atoms with van der Waals surface area (Å²) in [6, 6.07) is 20.9. The molecule has 0 bridgehead atoms. The van der Waals surface area contributed by atoms with Crippen molar-refractivity contribution in [3.8, 4) is 0 Å². The van der Waals surface area contributed by atoms with E-state index in [1.54, 1.807) is 0 Å². The topological polar surface area (TPSA) is 15.7 Å². The second-order valence-electron chi connectivity index (χ2n) is 6.18. The minimum Gasteiger partial charge on any atom is -0.367 e. The zero-order chi connectivity index (χ0) is 16.5. The molecule has 2 rings (SSSR count). The summed E-state index contributed by atoms with van der Waals surface area (Å²) < 4.78 is 6.24. The fourth-order valence-electron chi connectivity index (χ4n) is 2.45. The summed E-state index contributed by atoms with van der Waals surface area (Å²) in [6.45, 7) is 3.78. The summed E-state index contributed by atoms with van der Waals surface area (Å²) in [7, 11) is 6.35. The molecule has 0 amide bonds. The first-order valence-electron chi connectivity index (χ1n) is 8.21. The van der Waals surface area contributed by atoms with Crippen LogP contribution in [-0.4, -0.2) is 57.2 Å². The Morgan fingerprint density at radius 3 is 1.74 bits per heavy atom. The second kappa shape index (κ2) is 9.46. The summed E-state index contributed by atoms with van der Waals surface area (Å²) >= 11 is 0. The van der Waals surface area contributed by atoms with Gasteiger partial charge in [-0.3, -0.25) is 0 Å². The quantitative estimate of drug-likeness (QED) is 0.707. The highest BCUT2D eigenvalue weighted by Gasteiger charge is 2.14.